The van der Waals surface area contributed by atoms with Gasteiger partial charge in [0.05, 0.1) is 5.02 Å². The van der Waals surface area contributed by atoms with E-state index in [0.717, 1.165) is 0 Å². The van der Waals surface area contributed by atoms with Gasteiger partial charge < -0.3 is 5.32 Å². The predicted octanol–water partition coefficient (Wildman–Crippen LogP) is 1.81. The molecule has 1 aromatic heterocycles. The molecule has 5 nitrogen and oxygen atoms in total. The van der Waals surface area contributed by atoms with Crippen LogP contribution in [0.4, 0.5) is 5.82 Å². The molecule has 0 aliphatic carbocycles. The van der Waals surface area contributed by atoms with Crippen molar-refractivity contribution in [1.82, 2.24) is 9.71 Å². The number of sulfonamides is 1. The van der Waals surface area contributed by atoms with Gasteiger partial charge in [-0.25, -0.2) is 18.1 Å². The van der Waals surface area contributed by atoms with Crippen molar-refractivity contribution in [3.63, 3.8) is 0 Å². The van der Waals surface area contributed by atoms with Crippen LogP contribution in [-0.2, 0) is 10.0 Å². The van der Waals surface area contributed by atoms with Gasteiger partial charge in [-0.1, -0.05) is 11.6 Å². The minimum Gasteiger partial charge on any atom is -0.372 e. The van der Waals surface area contributed by atoms with E-state index >= 15 is 0 Å². The van der Waals surface area contributed by atoms with Gasteiger partial charge in [0.25, 0.3) is 0 Å². The van der Waals surface area contributed by atoms with E-state index in [-0.39, 0.29) is 16.0 Å². The molecule has 2 N–H and O–H groups in total. The highest BCUT2D eigenvalue weighted by Gasteiger charge is 2.18. The molecule has 8 heteroatoms. The molecule has 0 saturated heterocycles. The summed E-state index contributed by atoms with van der Waals surface area (Å²) in [5.74, 6) is 1.16. The zero-order valence-corrected chi connectivity index (χ0v) is 12.8. The molecule has 0 saturated carbocycles. The van der Waals surface area contributed by atoms with E-state index in [9.17, 15) is 8.42 Å². The van der Waals surface area contributed by atoms with Gasteiger partial charge in [-0.15, -0.1) is 0 Å². The van der Waals surface area contributed by atoms with E-state index in [2.05, 4.69) is 15.0 Å². The molecule has 18 heavy (non-hydrogen) atoms. The van der Waals surface area contributed by atoms with Crippen LogP contribution in [0.25, 0.3) is 0 Å². The van der Waals surface area contributed by atoms with E-state index in [1.165, 1.54) is 12.3 Å². The number of nitrogens with one attached hydrogen (secondary N) is 2. The summed E-state index contributed by atoms with van der Waals surface area (Å²) >= 11 is 7.49. The summed E-state index contributed by atoms with van der Waals surface area (Å²) < 4.78 is 26.6. The fourth-order valence-electron chi connectivity index (χ4n) is 1.37. The van der Waals surface area contributed by atoms with Crippen LogP contribution >= 0.6 is 23.4 Å². The van der Waals surface area contributed by atoms with Gasteiger partial charge in [-0.05, 0) is 19.2 Å². The maximum atomic E-state index is 12.0. The van der Waals surface area contributed by atoms with Crippen molar-refractivity contribution in [2.24, 2.45) is 0 Å². The van der Waals surface area contributed by atoms with E-state index in [0.29, 0.717) is 11.6 Å². The molecule has 0 aliphatic heterocycles. The standard InChI is InChI=1S/C10H16ClN3O2S2/c1-7(6-17-3)14-18(15,16)8-4-9(11)10(12-2)13-5-8/h4-5,7,14H,6H2,1-3H3,(H,12,13). The van der Waals surface area contributed by atoms with Crippen molar-refractivity contribution in [2.45, 2.75) is 17.9 Å². The molecule has 0 aromatic carbocycles. The van der Waals surface area contributed by atoms with Gasteiger partial charge in [-0.2, -0.15) is 11.8 Å². The lowest BCUT2D eigenvalue weighted by Gasteiger charge is -2.13. The molecule has 0 fully saturated rings. The highest BCUT2D eigenvalue weighted by Crippen LogP contribution is 2.22. The maximum Gasteiger partial charge on any atom is 0.242 e. The van der Waals surface area contributed by atoms with Gasteiger partial charge in [0.15, 0.2) is 0 Å². The number of hydrogen-bond donors (Lipinski definition) is 2. The Labute approximate surface area is 117 Å². The largest absolute Gasteiger partial charge is 0.372 e. The molecular formula is C10H16ClN3O2S2. The molecule has 1 unspecified atom stereocenters. The van der Waals surface area contributed by atoms with Crippen molar-refractivity contribution >= 4 is 39.2 Å². The molecule has 102 valence electrons. The third-order valence-corrected chi connectivity index (χ3v) is 4.81. The minimum atomic E-state index is -3.57. The number of pyridine rings is 1. The fraction of sp³-hybridized carbons (Fsp3) is 0.500. The van der Waals surface area contributed by atoms with Crippen LogP contribution in [0.5, 0.6) is 0 Å². The first kappa shape index (κ1) is 15.6. The summed E-state index contributed by atoms with van der Waals surface area (Å²) in [6, 6.07) is 1.24. The van der Waals surface area contributed by atoms with E-state index in [4.69, 9.17) is 11.6 Å². The van der Waals surface area contributed by atoms with Crippen LogP contribution in [0.1, 0.15) is 6.92 Å². The quantitative estimate of drug-likeness (QED) is 0.838. The number of aromatic nitrogens is 1. The lowest BCUT2D eigenvalue weighted by Crippen LogP contribution is -2.34. The predicted molar refractivity (Wildman–Crippen MR) is 77.0 cm³/mol. The summed E-state index contributed by atoms with van der Waals surface area (Å²) in [6.45, 7) is 1.81. The summed E-state index contributed by atoms with van der Waals surface area (Å²) in [6.07, 6.45) is 3.21. The van der Waals surface area contributed by atoms with Crippen LogP contribution in [0.15, 0.2) is 17.2 Å². The summed E-state index contributed by atoms with van der Waals surface area (Å²) in [5.41, 5.74) is 0. The third kappa shape index (κ3) is 4.01. The van der Waals surface area contributed by atoms with Crippen molar-refractivity contribution in [3.8, 4) is 0 Å². The highest BCUT2D eigenvalue weighted by molar-refractivity contribution is 7.98. The molecule has 1 atom stereocenters. The first-order valence-corrected chi connectivity index (χ1v) is 8.50. The monoisotopic (exact) mass is 309 g/mol. The number of thioether (sulfide) groups is 1. The van der Waals surface area contributed by atoms with Crippen LogP contribution in [0.2, 0.25) is 5.02 Å². The maximum absolute atomic E-state index is 12.0. The molecule has 0 spiro atoms. The summed E-state index contributed by atoms with van der Waals surface area (Å²) in [7, 11) is -1.90. The molecule has 0 bridgehead atoms. The van der Waals surface area contributed by atoms with E-state index in [1.54, 1.807) is 18.8 Å². The number of rotatable bonds is 6. The Morgan fingerprint density at radius 1 is 1.56 bits per heavy atom. The Morgan fingerprint density at radius 3 is 2.72 bits per heavy atom. The zero-order chi connectivity index (χ0) is 13.8. The van der Waals surface area contributed by atoms with Crippen molar-refractivity contribution in [3.05, 3.63) is 17.3 Å². The van der Waals surface area contributed by atoms with Crippen molar-refractivity contribution in [2.75, 3.05) is 24.4 Å². The Bertz CT molecular complexity index is 508. The molecular weight excluding hydrogens is 294 g/mol. The van der Waals surface area contributed by atoms with Crippen LogP contribution in [0.3, 0.4) is 0 Å². The number of nitrogens with zero attached hydrogens (tertiary/aromatic N) is 1. The third-order valence-electron chi connectivity index (χ3n) is 2.14. The molecule has 1 heterocycles. The first-order chi connectivity index (χ1) is 8.40. The Balaban J connectivity index is 2.95. The van der Waals surface area contributed by atoms with Crippen molar-refractivity contribution < 1.29 is 8.42 Å². The Hall–Kier alpha value is -0.500. The minimum absolute atomic E-state index is 0.0689. The lowest BCUT2D eigenvalue weighted by atomic mass is 10.4. The Morgan fingerprint density at radius 2 is 2.22 bits per heavy atom. The molecule has 0 aliphatic rings. The average molecular weight is 310 g/mol. The number of halogens is 1. The average Bonchev–Trinajstić information content (AvgIpc) is 2.28. The smallest absolute Gasteiger partial charge is 0.242 e. The fourth-order valence-corrected chi connectivity index (χ4v) is 3.60. The Kier molecular flexibility index (Phi) is 5.71. The SMILES string of the molecule is CNc1ncc(S(=O)(=O)NC(C)CSC)cc1Cl. The summed E-state index contributed by atoms with van der Waals surface area (Å²) in [4.78, 5) is 4.02. The summed E-state index contributed by atoms with van der Waals surface area (Å²) in [5, 5.41) is 3.05. The number of hydrogen-bond acceptors (Lipinski definition) is 5. The van der Waals surface area contributed by atoms with E-state index in [1.807, 2.05) is 13.2 Å². The topological polar surface area (TPSA) is 71.1 Å². The number of anilines is 1. The first-order valence-electron chi connectivity index (χ1n) is 5.25. The second-order valence-electron chi connectivity index (χ2n) is 3.73. The van der Waals surface area contributed by atoms with Crippen LogP contribution in [-0.4, -0.2) is 38.5 Å². The highest BCUT2D eigenvalue weighted by atomic mass is 35.5. The van der Waals surface area contributed by atoms with Crippen molar-refractivity contribution in [1.29, 1.82) is 0 Å². The zero-order valence-electron chi connectivity index (χ0n) is 10.4. The molecule has 0 radical (unpaired) electrons. The normalized spacial score (nSPS) is 13.3. The van der Waals surface area contributed by atoms with Gasteiger partial charge in [-0.3, -0.25) is 0 Å². The second-order valence-corrected chi connectivity index (χ2v) is 6.76. The molecule has 1 aromatic rings. The van der Waals surface area contributed by atoms with Gasteiger partial charge in [0, 0.05) is 25.0 Å². The van der Waals surface area contributed by atoms with Gasteiger partial charge in [0.1, 0.15) is 10.7 Å². The molecule has 0 amide bonds. The van der Waals surface area contributed by atoms with Crippen LogP contribution in [0, 0.1) is 0 Å². The second kappa shape index (κ2) is 6.60. The van der Waals surface area contributed by atoms with E-state index < -0.39 is 10.0 Å². The van der Waals surface area contributed by atoms with Gasteiger partial charge in [0.2, 0.25) is 10.0 Å². The lowest BCUT2D eigenvalue weighted by molar-refractivity contribution is 0.570. The molecule has 1 rings (SSSR count). The van der Waals surface area contributed by atoms with Gasteiger partial charge >= 0.3 is 0 Å². The van der Waals surface area contributed by atoms with Crippen LogP contribution < -0.4 is 10.0 Å².